The summed E-state index contributed by atoms with van der Waals surface area (Å²) in [6.45, 7) is 1.41. The molecule has 9 heteroatoms. The van der Waals surface area contributed by atoms with Gasteiger partial charge in [-0.25, -0.2) is 4.68 Å². The van der Waals surface area contributed by atoms with Crippen LogP contribution >= 0.6 is 0 Å². The Kier molecular flexibility index (Phi) is 4.68. The van der Waals surface area contributed by atoms with Gasteiger partial charge in [0.25, 0.3) is 0 Å². The van der Waals surface area contributed by atoms with Crippen molar-refractivity contribution in [2.45, 2.75) is 13.1 Å². The highest BCUT2D eigenvalue weighted by molar-refractivity contribution is 5.84. The van der Waals surface area contributed by atoms with Crippen molar-refractivity contribution in [1.29, 1.82) is 0 Å². The van der Waals surface area contributed by atoms with E-state index >= 15 is 0 Å². The molecular weight excluding hydrogens is 382 g/mol. The van der Waals surface area contributed by atoms with Crippen molar-refractivity contribution in [3.05, 3.63) is 77.4 Å². The molecule has 4 aromatic rings. The Bertz CT molecular complexity index is 1200. The summed E-state index contributed by atoms with van der Waals surface area (Å²) in [7, 11) is 1.63. The van der Waals surface area contributed by atoms with Crippen LogP contribution in [0, 0.1) is 0 Å². The van der Waals surface area contributed by atoms with Crippen molar-refractivity contribution in [2.24, 2.45) is 0 Å². The molecule has 0 fully saturated rings. The Morgan fingerprint density at radius 3 is 2.77 bits per heavy atom. The Labute approximate surface area is 172 Å². The number of hydrogen-bond acceptors (Lipinski definition) is 7. The molecule has 0 aliphatic carbocycles. The van der Waals surface area contributed by atoms with Gasteiger partial charge >= 0.3 is 0 Å². The second-order valence-electron chi connectivity index (χ2n) is 6.87. The van der Waals surface area contributed by atoms with Gasteiger partial charge in [-0.1, -0.05) is 47.7 Å². The van der Waals surface area contributed by atoms with Crippen LogP contribution in [-0.2, 0) is 13.1 Å². The predicted octanol–water partition coefficient (Wildman–Crippen LogP) is 2.30. The number of ether oxygens (including phenoxy) is 2. The molecule has 0 saturated carbocycles. The first kappa shape index (κ1) is 18.0. The van der Waals surface area contributed by atoms with Crippen LogP contribution in [0.4, 0.5) is 0 Å². The summed E-state index contributed by atoms with van der Waals surface area (Å²) >= 11 is 0. The van der Waals surface area contributed by atoms with Crippen molar-refractivity contribution in [2.75, 3.05) is 13.7 Å². The minimum Gasteiger partial charge on any atom is -0.493 e. The van der Waals surface area contributed by atoms with E-state index in [2.05, 4.69) is 37.9 Å². The van der Waals surface area contributed by atoms with Gasteiger partial charge in [0, 0.05) is 11.1 Å². The first-order valence-corrected chi connectivity index (χ1v) is 9.50. The maximum atomic E-state index is 5.86. The van der Waals surface area contributed by atoms with Crippen LogP contribution in [0.3, 0.4) is 0 Å². The maximum Gasteiger partial charge on any atom is 0.204 e. The minimum atomic E-state index is 0.353. The van der Waals surface area contributed by atoms with Crippen molar-refractivity contribution >= 4 is 11.6 Å². The quantitative estimate of drug-likeness (QED) is 0.489. The molecule has 0 spiro atoms. The van der Waals surface area contributed by atoms with Gasteiger partial charge in [0.05, 0.1) is 19.9 Å². The molecule has 0 bridgehead atoms. The molecule has 9 nitrogen and oxygen atoms in total. The number of para-hydroxylation sites is 1. The number of benzene rings is 2. The number of fused-ring (bicyclic) bond motifs is 1. The molecule has 0 amide bonds. The fraction of sp³-hybridized carbons (Fsp3) is 0.190. The number of rotatable bonds is 6. The van der Waals surface area contributed by atoms with Crippen molar-refractivity contribution in [3.63, 3.8) is 0 Å². The van der Waals surface area contributed by atoms with Crippen LogP contribution in [0.1, 0.15) is 22.6 Å². The number of hydrogen-bond donors (Lipinski definition) is 0. The van der Waals surface area contributed by atoms with Gasteiger partial charge in [0.15, 0.2) is 11.5 Å². The molecule has 30 heavy (non-hydrogen) atoms. The second-order valence-corrected chi connectivity index (χ2v) is 6.87. The average molecular weight is 401 g/mol. The normalized spacial score (nSPS) is 12.8. The van der Waals surface area contributed by atoms with E-state index in [9.17, 15) is 0 Å². The van der Waals surface area contributed by atoms with E-state index in [0.717, 1.165) is 28.1 Å². The number of nitrogens with zero attached hydrogens (tertiary/aromatic N) is 7. The first-order valence-electron chi connectivity index (χ1n) is 9.50. The Hall–Kier alpha value is -4.01. The van der Waals surface area contributed by atoms with E-state index in [1.807, 2.05) is 48.7 Å². The van der Waals surface area contributed by atoms with Gasteiger partial charge in [-0.15, -0.1) is 15.3 Å². The number of methoxy groups -OCH3 is 1. The molecule has 0 radical (unpaired) electrons. The zero-order valence-corrected chi connectivity index (χ0v) is 16.3. The average Bonchev–Trinajstić information content (AvgIpc) is 3.43. The van der Waals surface area contributed by atoms with E-state index < -0.39 is 0 Å². The predicted molar refractivity (Wildman–Crippen MR) is 109 cm³/mol. The van der Waals surface area contributed by atoms with Crippen molar-refractivity contribution in [3.8, 4) is 11.5 Å². The van der Waals surface area contributed by atoms with Gasteiger partial charge in [-0.2, -0.15) is 4.80 Å². The van der Waals surface area contributed by atoms with Crippen LogP contribution in [-0.4, -0.2) is 48.9 Å². The topological polar surface area (TPSA) is 92.8 Å². The highest BCUT2D eigenvalue weighted by Crippen LogP contribution is 2.36. The van der Waals surface area contributed by atoms with Crippen LogP contribution in [0.15, 0.2) is 54.7 Å². The third-order valence-corrected chi connectivity index (χ3v) is 4.75. The Morgan fingerprint density at radius 2 is 1.90 bits per heavy atom. The van der Waals surface area contributed by atoms with Crippen LogP contribution < -0.4 is 9.47 Å². The molecule has 1 aliphatic heterocycles. The summed E-state index contributed by atoms with van der Waals surface area (Å²) in [4.78, 5) is 1.51. The summed E-state index contributed by atoms with van der Waals surface area (Å²) in [5.41, 5.74) is 3.71. The number of aromatic nitrogens is 7. The molecule has 5 rings (SSSR count). The lowest BCUT2D eigenvalue weighted by atomic mass is 10.1. The van der Waals surface area contributed by atoms with E-state index in [1.54, 1.807) is 11.8 Å². The summed E-state index contributed by atoms with van der Waals surface area (Å²) in [6, 6.07) is 15.9. The van der Waals surface area contributed by atoms with Gasteiger partial charge in [-0.3, -0.25) is 0 Å². The van der Waals surface area contributed by atoms with Crippen molar-refractivity contribution < 1.29 is 9.47 Å². The highest BCUT2D eigenvalue weighted by Gasteiger charge is 2.19. The lowest BCUT2D eigenvalue weighted by Crippen LogP contribution is -2.09. The summed E-state index contributed by atoms with van der Waals surface area (Å²) in [5.74, 6) is 1.96. The third kappa shape index (κ3) is 3.64. The summed E-state index contributed by atoms with van der Waals surface area (Å²) in [5, 5.41) is 21.2. The van der Waals surface area contributed by atoms with Crippen molar-refractivity contribution in [1.82, 2.24) is 35.2 Å². The largest absolute Gasteiger partial charge is 0.493 e. The lowest BCUT2D eigenvalue weighted by molar-refractivity contribution is 0.327. The monoisotopic (exact) mass is 401 g/mol. The van der Waals surface area contributed by atoms with Crippen LogP contribution in [0.25, 0.3) is 11.6 Å². The van der Waals surface area contributed by atoms with Gasteiger partial charge in [0.1, 0.15) is 18.8 Å². The molecule has 3 heterocycles. The smallest absolute Gasteiger partial charge is 0.204 e. The molecule has 2 aromatic heterocycles. The summed E-state index contributed by atoms with van der Waals surface area (Å²) < 4.78 is 13.0. The van der Waals surface area contributed by atoms with E-state index in [1.165, 1.54) is 4.80 Å². The molecule has 0 N–H and O–H groups in total. The first-order chi connectivity index (χ1) is 14.8. The number of tetrazole rings is 1. The van der Waals surface area contributed by atoms with Crippen LogP contribution in [0.5, 0.6) is 11.5 Å². The van der Waals surface area contributed by atoms with Crippen LogP contribution in [0.2, 0.25) is 0 Å². The van der Waals surface area contributed by atoms with Gasteiger partial charge < -0.3 is 9.47 Å². The van der Waals surface area contributed by atoms with E-state index in [-0.39, 0.29) is 0 Å². The molecule has 2 aromatic carbocycles. The fourth-order valence-electron chi connectivity index (χ4n) is 3.31. The zero-order chi connectivity index (χ0) is 20.3. The fourth-order valence-corrected chi connectivity index (χ4v) is 3.31. The Morgan fingerprint density at radius 1 is 1.00 bits per heavy atom. The molecule has 0 unspecified atom stereocenters. The second kappa shape index (κ2) is 7.78. The van der Waals surface area contributed by atoms with E-state index in [0.29, 0.717) is 31.3 Å². The molecule has 150 valence electrons. The zero-order valence-electron chi connectivity index (χ0n) is 16.3. The maximum absolute atomic E-state index is 5.86. The van der Waals surface area contributed by atoms with Gasteiger partial charge in [0.2, 0.25) is 5.82 Å². The van der Waals surface area contributed by atoms with Gasteiger partial charge in [-0.05, 0) is 22.9 Å². The third-order valence-electron chi connectivity index (χ3n) is 4.75. The SMILES string of the molecule is COc1cccc2c1OCC(c1nnn(Cc3cn(Cc4ccccc4)nn3)n1)=C2. The Balaban J connectivity index is 1.30. The standard InChI is InChI=1S/C21H19N7O2/c1-29-19-9-5-8-16-10-17(14-30-20(16)19)21-23-26-28(24-21)13-18-12-27(25-22-18)11-15-6-3-2-4-7-15/h2-10,12H,11,13-14H2,1H3. The molecule has 1 aliphatic rings. The highest BCUT2D eigenvalue weighted by atomic mass is 16.5. The molecule has 0 saturated heterocycles. The van der Waals surface area contributed by atoms with E-state index in [4.69, 9.17) is 9.47 Å². The summed E-state index contributed by atoms with van der Waals surface area (Å²) in [6.07, 6.45) is 3.89. The minimum absolute atomic E-state index is 0.353. The molecular formula is C21H19N7O2. The lowest BCUT2D eigenvalue weighted by Gasteiger charge is -2.18. The molecule has 0 atom stereocenters.